The molecule has 2 aliphatic heterocycles. The van der Waals surface area contributed by atoms with Gasteiger partial charge in [-0.3, -0.25) is 4.90 Å². The average Bonchev–Trinajstić information content (AvgIpc) is 3.03. The molecular weight excluding hydrogens is 332 g/mol. The van der Waals surface area contributed by atoms with Gasteiger partial charge in [-0.1, -0.05) is 13.8 Å². The first kappa shape index (κ1) is 19.1. The van der Waals surface area contributed by atoms with Crippen molar-refractivity contribution in [3.63, 3.8) is 0 Å². The van der Waals surface area contributed by atoms with E-state index in [2.05, 4.69) is 24.1 Å². The second kappa shape index (κ2) is 7.78. The fraction of sp³-hybridized carbons (Fsp3) is 0.647. The van der Waals surface area contributed by atoms with Crippen LogP contribution in [0.1, 0.15) is 25.5 Å². The summed E-state index contributed by atoms with van der Waals surface area (Å²) in [6.07, 6.45) is 0. The number of ether oxygens (including phenoxy) is 3. The molecule has 2 aliphatic rings. The van der Waals surface area contributed by atoms with E-state index in [0.717, 1.165) is 31.7 Å². The van der Waals surface area contributed by atoms with Crippen LogP contribution >= 0.6 is 12.4 Å². The first-order valence-corrected chi connectivity index (χ1v) is 8.10. The summed E-state index contributed by atoms with van der Waals surface area (Å²) in [6.45, 7) is 8.33. The zero-order chi connectivity index (χ0) is 16.4. The number of aliphatic hydroxyl groups is 1. The summed E-state index contributed by atoms with van der Waals surface area (Å²) in [5.41, 5.74) is 0.808. The van der Waals surface area contributed by atoms with Crippen molar-refractivity contribution in [3.05, 3.63) is 17.7 Å². The maximum Gasteiger partial charge on any atom is 0.231 e. The zero-order valence-electron chi connectivity index (χ0n) is 14.5. The van der Waals surface area contributed by atoms with Crippen LogP contribution in [0.5, 0.6) is 17.2 Å². The van der Waals surface area contributed by atoms with Crippen molar-refractivity contribution in [2.24, 2.45) is 5.41 Å². The van der Waals surface area contributed by atoms with Gasteiger partial charge in [0.1, 0.15) is 0 Å². The van der Waals surface area contributed by atoms with Gasteiger partial charge in [0.15, 0.2) is 11.5 Å². The van der Waals surface area contributed by atoms with Gasteiger partial charge in [0.2, 0.25) is 12.5 Å². The second-order valence-electron chi connectivity index (χ2n) is 6.79. The lowest BCUT2D eigenvalue weighted by Crippen LogP contribution is -2.49. The summed E-state index contributed by atoms with van der Waals surface area (Å²) in [4.78, 5) is 2.42. The van der Waals surface area contributed by atoms with Crippen LogP contribution in [-0.4, -0.2) is 56.7 Å². The summed E-state index contributed by atoms with van der Waals surface area (Å²) in [7, 11) is 1.64. The Bertz CT molecular complexity index is 562. The topological polar surface area (TPSA) is 63.2 Å². The Labute approximate surface area is 149 Å². The first-order chi connectivity index (χ1) is 11.1. The number of methoxy groups -OCH3 is 1. The van der Waals surface area contributed by atoms with Crippen LogP contribution < -0.4 is 19.5 Å². The van der Waals surface area contributed by atoms with Crippen molar-refractivity contribution in [2.75, 3.05) is 46.7 Å². The lowest BCUT2D eigenvalue weighted by Gasteiger charge is -2.43. The summed E-state index contributed by atoms with van der Waals surface area (Å²) in [6, 6.07) is 4.12. The highest BCUT2D eigenvalue weighted by Gasteiger charge is 2.37. The molecule has 1 fully saturated rings. The highest BCUT2D eigenvalue weighted by molar-refractivity contribution is 5.85. The monoisotopic (exact) mass is 358 g/mol. The molecule has 136 valence electrons. The van der Waals surface area contributed by atoms with Gasteiger partial charge >= 0.3 is 0 Å². The quantitative estimate of drug-likeness (QED) is 0.837. The number of hydrogen-bond donors (Lipinski definition) is 2. The van der Waals surface area contributed by atoms with Crippen LogP contribution in [0.2, 0.25) is 0 Å². The van der Waals surface area contributed by atoms with Gasteiger partial charge < -0.3 is 24.6 Å². The molecule has 0 aliphatic carbocycles. The predicted octanol–water partition coefficient (Wildman–Crippen LogP) is 1.81. The van der Waals surface area contributed by atoms with Crippen molar-refractivity contribution in [1.82, 2.24) is 10.2 Å². The van der Waals surface area contributed by atoms with E-state index >= 15 is 0 Å². The van der Waals surface area contributed by atoms with E-state index in [4.69, 9.17) is 14.2 Å². The van der Waals surface area contributed by atoms with E-state index in [1.165, 1.54) is 0 Å². The van der Waals surface area contributed by atoms with Crippen LogP contribution in [0.25, 0.3) is 0 Å². The number of halogens is 1. The van der Waals surface area contributed by atoms with Crippen LogP contribution in [0.3, 0.4) is 0 Å². The highest BCUT2D eigenvalue weighted by Crippen LogP contribution is 2.47. The largest absolute Gasteiger partial charge is 0.493 e. The molecule has 7 heteroatoms. The third-order valence-electron chi connectivity index (χ3n) is 4.66. The molecule has 1 aromatic rings. The van der Waals surface area contributed by atoms with Crippen LogP contribution in [0.4, 0.5) is 0 Å². The van der Waals surface area contributed by atoms with E-state index in [-0.39, 0.29) is 37.3 Å². The fourth-order valence-electron chi connectivity index (χ4n) is 3.49. The minimum absolute atomic E-state index is 0. The third kappa shape index (κ3) is 3.57. The van der Waals surface area contributed by atoms with Crippen LogP contribution in [-0.2, 0) is 0 Å². The molecule has 0 bridgehead atoms. The highest BCUT2D eigenvalue weighted by atomic mass is 35.5. The molecule has 0 amide bonds. The van der Waals surface area contributed by atoms with Crippen molar-refractivity contribution >= 4 is 12.4 Å². The number of aliphatic hydroxyl groups excluding tert-OH is 1. The average molecular weight is 359 g/mol. The lowest BCUT2D eigenvalue weighted by atomic mass is 9.79. The Kier molecular flexibility index (Phi) is 6.20. The van der Waals surface area contributed by atoms with Crippen molar-refractivity contribution in [1.29, 1.82) is 0 Å². The maximum absolute atomic E-state index is 9.95. The summed E-state index contributed by atoms with van der Waals surface area (Å²) in [5.74, 6) is 2.06. The number of piperazine rings is 1. The number of nitrogens with one attached hydrogen (secondary N) is 1. The molecular formula is C17H27ClN2O4. The normalized spacial score (nSPS) is 18.8. The summed E-state index contributed by atoms with van der Waals surface area (Å²) < 4.78 is 16.5. The van der Waals surface area contributed by atoms with Gasteiger partial charge in [-0.25, -0.2) is 0 Å². The van der Waals surface area contributed by atoms with Gasteiger partial charge in [-0.05, 0) is 17.7 Å². The smallest absolute Gasteiger partial charge is 0.231 e. The maximum atomic E-state index is 9.95. The van der Waals surface area contributed by atoms with Gasteiger partial charge in [-0.2, -0.15) is 0 Å². The molecule has 0 saturated carbocycles. The van der Waals surface area contributed by atoms with E-state index in [1.54, 1.807) is 7.11 Å². The molecule has 0 spiro atoms. The molecule has 0 radical (unpaired) electrons. The number of rotatable bonds is 5. The molecule has 1 atom stereocenters. The molecule has 0 aromatic heterocycles. The fourth-order valence-corrected chi connectivity index (χ4v) is 3.49. The number of hydrogen-bond acceptors (Lipinski definition) is 6. The zero-order valence-corrected chi connectivity index (χ0v) is 15.3. The van der Waals surface area contributed by atoms with Crippen molar-refractivity contribution < 1.29 is 19.3 Å². The standard InChI is InChI=1S/C17H26N2O4.ClH/c1-17(2,10-20)16(19-6-4-18-5-7-19)12-8-13(21-3)15-14(9-12)22-11-23-15;/h8-9,16,18,20H,4-7,10-11H2,1-3H3;1H/t16-;/m1./s1. The van der Waals surface area contributed by atoms with E-state index < -0.39 is 0 Å². The molecule has 3 rings (SSSR count). The predicted molar refractivity (Wildman–Crippen MR) is 94.4 cm³/mol. The third-order valence-corrected chi connectivity index (χ3v) is 4.66. The Morgan fingerprint density at radius 3 is 2.62 bits per heavy atom. The molecule has 1 saturated heterocycles. The van der Waals surface area contributed by atoms with Gasteiger partial charge in [-0.15, -0.1) is 12.4 Å². The molecule has 24 heavy (non-hydrogen) atoms. The molecule has 0 unspecified atom stereocenters. The molecule has 2 N–H and O–H groups in total. The van der Waals surface area contributed by atoms with E-state index in [9.17, 15) is 5.11 Å². The Morgan fingerprint density at radius 2 is 2.00 bits per heavy atom. The van der Waals surface area contributed by atoms with Gasteiger partial charge in [0, 0.05) is 44.2 Å². The summed E-state index contributed by atoms with van der Waals surface area (Å²) >= 11 is 0. The van der Waals surface area contributed by atoms with Crippen molar-refractivity contribution in [2.45, 2.75) is 19.9 Å². The molecule has 2 heterocycles. The Hall–Kier alpha value is -1.21. The van der Waals surface area contributed by atoms with Gasteiger partial charge in [0.25, 0.3) is 0 Å². The molecule has 1 aromatic carbocycles. The minimum Gasteiger partial charge on any atom is -0.493 e. The minimum atomic E-state index is -0.282. The number of benzene rings is 1. The SMILES string of the molecule is COc1cc([C@@H](N2CCNCC2)C(C)(C)CO)cc2c1OCO2.Cl. The number of nitrogens with zero attached hydrogens (tertiary/aromatic N) is 1. The Morgan fingerprint density at radius 1 is 1.29 bits per heavy atom. The van der Waals surface area contributed by atoms with Crippen LogP contribution in [0, 0.1) is 5.41 Å². The second-order valence-corrected chi connectivity index (χ2v) is 6.79. The van der Waals surface area contributed by atoms with Gasteiger partial charge in [0.05, 0.1) is 7.11 Å². The van der Waals surface area contributed by atoms with E-state index in [1.807, 2.05) is 12.1 Å². The molecule has 6 nitrogen and oxygen atoms in total. The van der Waals surface area contributed by atoms with Crippen molar-refractivity contribution in [3.8, 4) is 17.2 Å². The van der Waals surface area contributed by atoms with E-state index in [0.29, 0.717) is 17.2 Å². The van der Waals surface area contributed by atoms with Crippen LogP contribution in [0.15, 0.2) is 12.1 Å². The lowest BCUT2D eigenvalue weighted by molar-refractivity contribution is 0.0303. The summed E-state index contributed by atoms with van der Waals surface area (Å²) in [5, 5.41) is 13.3. The first-order valence-electron chi connectivity index (χ1n) is 8.10. The number of fused-ring (bicyclic) bond motifs is 1. The Balaban J connectivity index is 0.00000208.